The predicted molar refractivity (Wildman–Crippen MR) is 100 cm³/mol. The molecule has 1 amide bonds. The lowest BCUT2D eigenvalue weighted by atomic mass is 10.1. The number of benzene rings is 2. The van der Waals surface area contributed by atoms with Gasteiger partial charge < -0.3 is 15.3 Å². The van der Waals surface area contributed by atoms with Gasteiger partial charge in [-0.05, 0) is 36.6 Å². The number of anilines is 2. The summed E-state index contributed by atoms with van der Waals surface area (Å²) in [4.78, 5) is 36.1. The zero-order valence-corrected chi connectivity index (χ0v) is 14.6. The largest absolute Gasteiger partial charge is 0.481 e. The van der Waals surface area contributed by atoms with Crippen LogP contribution in [0.15, 0.2) is 42.5 Å². The smallest absolute Gasteiger partial charge is 0.307 e. The zero-order chi connectivity index (χ0) is 19.4. The molecule has 1 aliphatic rings. The minimum absolute atomic E-state index is 0.0990. The van der Waals surface area contributed by atoms with E-state index in [1.54, 1.807) is 30.3 Å². The third-order valence-electron chi connectivity index (χ3n) is 4.45. The molecule has 3 rings (SSSR count). The van der Waals surface area contributed by atoms with Gasteiger partial charge in [-0.25, -0.2) is 0 Å². The molecule has 27 heavy (non-hydrogen) atoms. The summed E-state index contributed by atoms with van der Waals surface area (Å²) in [5.41, 5.74) is 1.90. The average molecular weight is 369 g/mol. The Morgan fingerprint density at radius 2 is 1.78 bits per heavy atom. The number of carbonyl (C=O) groups is 2. The lowest BCUT2D eigenvalue weighted by Gasteiger charge is -2.21. The summed E-state index contributed by atoms with van der Waals surface area (Å²) in [5, 5.41) is 22.6. The molecule has 1 saturated heterocycles. The van der Waals surface area contributed by atoms with E-state index >= 15 is 0 Å². The van der Waals surface area contributed by atoms with Crippen molar-refractivity contribution in [3.05, 3.63) is 63.7 Å². The second-order valence-corrected chi connectivity index (χ2v) is 6.37. The lowest BCUT2D eigenvalue weighted by molar-refractivity contribution is -0.384. The molecule has 140 valence electrons. The second-order valence-electron chi connectivity index (χ2n) is 6.37. The first-order chi connectivity index (χ1) is 12.9. The maximum Gasteiger partial charge on any atom is 0.307 e. The molecule has 1 fully saturated rings. The molecule has 0 spiro atoms. The number of nitro groups is 1. The summed E-state index contributed by atoms with van der Waals surface area (Å²) >= 11 is 0. The van der Waals surface area contributed by atoms with Crippen LogP contribution < -0.4 is 10.2 Å². The number of carbonyl (C=O) groups excluding carboxylic acids is 1. The van der Waals surface area contributed by atoms with Gasteiger partial charge in [0.05, 0.1) is 22.6 Å². The number of nitrogens with zero attached hydrogens (tertiary/aromatic N) is 2. The van der Waals surface area contributed by atoms with Gasteiger partial charge in [0.25, 0.3) is 11.6 Å². The van der Waals surface area contributed by atoms with E-state index in [-0.39, 0.29) is 17.7 Å². The minimum atomic E-state index is -0.932. The first kappa shape index (κ1) is 18.4. The molecule has 0 radical (unpaired) electrons. The Balaban J connectivity index is 1.84. The third kappa shape index (κ3) is 4.41. The maximum atomic E-state index is 12.8. The standard InChI is InChI=1S/C19H19N3O5/c23-18(24)11-13-3-5-14(6-4-13)20-19(25)16-12-15(22(26)27)7-8-17(16)21-9-1-2-10-21/h3-8,12H,1-2,9-11H2,(H,20,25)(H,23,24). The van der Waals surface area contributed by atoms with Crippen molar-refractivity contribution in [2.24, 2.45) is 0 Å². The Hall–Kier alpha value is -3.42. The van der Waals surface area contributed by atoms with Gasteiger partial charge in [0.1, 0.15) is 0 Å². The number of hydrogen-bond donors (Lipinski definition) is 2. The molecule has 2 aromatic carbocycles. The van der Waals surface area contributed by atoms with Crippen molar-refractivity contribution in [3.63, 3.8) is 0 Å². The Labute approximate surface area is 155 Å². The van der Waals surface area contributed by atoms with Gasteiger partial charge in [-0.2, -0.15) is 0 Å². The predicted octanol–water partition coefficient (Wildman–Crippen LogP) is 3.07. The summed E-state index contributed by atoms with van der Waals surface area (Å²) in [6, 6.07) is 10.8. The molecule has 1 aliphatic heterocycles. The van der Waals surface area contributed by atoms with Crippen molar-refractivity contribution >= 4 is 28.9 Å². The van der Waals surface area contributed by atoms with E-state index in [4.69, 9.17) is 5.11 Å². The van der Waals surface area contributed by atoms with Crippen molar-refractivity contribution in [1.29, 1.82) is 0 Å². The van der Waals surface area contributed by atoms with Gasteiger partial charge in [0, 0.05) is 30.9 Å². The normalized spacial score (nSPS) is 13.4. The molecule has 0 saturated carbocycles. The lowest BCUT2D eigenvalue weighted by Crippen LogP contribution is -2.23. The Morgan fingerprint density at radius 3 is 2.37 bits per heavy atom. The minimum Gasteiger partial charge on any atom is -0.481 e. The van der Waals surface area contributed by atoms with E-state index < -0.39 is 16.8 Å². The molecule has 0 bridgehead atoms. The van der Waals surface area contributed by atoms with Crippen molar-refractivity contribution in [2.75, 3.05) is 23.3 Å². The summed E-state index contributed by atoms with van der Waals surface area (Å²) in [7, 11) is 0. The summed E-state index contributed by atoms with van der Waals surface area (Å²) < 4.78 is 0. The number of hydrogen-bond acceptors (Lipinski definition) is 5. The molecule has 2 aromatic rings. The molecular weight excluding hydrogens is 350 g/mol. The van der Waals surface area contributed by atoms with Crippen molar-refractivity contribution in [2.45, 2.75) is 19.3 Å². The van der Waals surface area contributed by atoms with E-state index in [2.05, 4.69) is 10.2 Å². The van der Waals surface area contributed by atoms with Gasteiger partial charge >= 0.3 is 5.97 Å². The first-order valence-electron chi connectivity index (χ1n) is 8.59. The molecule has 0 unspecified atom stereocenters. The van der Waals surface area contributed by atoms with Crippen LogP contribution in [0, 0.1) is 10.1 Å². The number of non-ortho nitro benzene ring substituents is 1. The zero-order valence-electron chi connectivity index (χ0n) is 14.6. The van der Waals surface area contributed by atoms with Crippen molar-refractivity contribution in [1.82, 2.24) is 0 Å². The fourth-order valence-corrected chi connectivity index (χ4v) is 3.13. The van der Waals surface area contributed by atoms with Gasteiger partial charge in [-0.15, -0.1) is 0 Å². The SMILES string of the molecule is O=C(O)Cc1ccc(NC(=O)c2cc([N+](=O)[O-])ccc2N2CCCC2)cc1. The van der Waals surface area contributed by atoms with Gasteiger partial charge in [0.15, 0.2) is 0 Å². The topological polar surface area (TPSA) is 113 Å². The van der Waals surface area contributed by atoms with Gasteiger partial charge in [-0.1, -0.05) is 12.1 Å². The van der Waals surface area contributed by atoms with Crippen LogP contribution >= 0.6 is 0 Å². The van der Waals surface area contributed by atoms with Crippen molar-refractivity contribution in [3.8, 4) is 0 Å². The number of amides is 1. The van der Waals surface area contributed by atoms with E-state index in [0.717, 1.165) is 25.9 Å². The van der Waals surface area contributed by atoms with Crippen LogP contribution in [0.5, 0.6) is 0 Å². The van der Waals surface area contributed by atoms with Crippen LogP contribution in [0.1, 0.15) is 28.8 Å². The highest BCUT2D eigenvalue weighted by Gasteiger charge is 2.22. The third-order valence-corrected chi connectivity index (χ3v) is 4.45. The van der Waals surface area contributed by atoms with Crippen LogP contribution in [-0.2, 0) is 11.2 Å². The Bertz CT molecular complexity index is 873. The molecule has 8 heteroatoms. The van der Waals surface area contributed by atoms with Crippen LogP contribution in [0.3, 0.4) is 0 Å². The molecule has 1 heterocycles. The molecular formula is C19H19N3O5. The second kappa shape index (κ2) is 7.86. The van der Waals surface area contributed by atoms with Crippen LogP contribution in [-0.4, -0.2) is 35.0 Å². The molecule has 0 aromatic heterocycles. The first-order valence-corrected chi connectivity index (χ1v) is 8.59. The van der Waals surface area contributed by atoms with E-state index in [9.17, 15) is 19.7 Å². The highest BCUT2D eigenvalue weighted by atomic mass is 16.6. The highest BCUT2D eigenvalue weighted by Crippen LogP contribution is 2.29. The Morgan fingerprint density at radius 1 is 1.11 bits per heavy atom. The maximum absolute atomic E-state index is 12.8. The van der Waals surface area contributed by atoms with E-state index in [1.807, 2.05) is 0 Å². The van der Waals surface area contributed by atoms with Gasteiger partial charge in [0.2, 0.25) is 0 Å². The summed E-state index contributed by atoms with van der Waals surface area (Å²) in [5.74, 6) is -1.37. The molecule has 8 nitrogen and oxygen atoms in total. The summed E-state index contributed by atoms with van der Waals surface area (Å²) in [6.45, 7) is 1.62. The van der Waals surface area contributed by atoms with Crippen molar-refractivity contribution < 1.29 is 19.6 Å². The van der Waals surface area contributed by atoms with E-state index in [1.165, 1.54) is 12.1 Å². The number of nitrogens with one attached hydrogen (secondary N) is 1. The number of carboxylic acids is 1. The summed E-state index contributed by atoms with van der Waals surface area (Å²) in [6.07, 6.45) is 1.93. The number of aliphatic carboxylic acids is 1. The number of rotatable bonds is 6. The monoisotopic (exact) mass is 369 g/mol. The molecule has 0 atom stereocenters. The van der Waals surface area contributed by atoms with Gasteiger partial charge in [-0.3, -0.25) is 19.7 Å². The fourth-order valence-electron chi connectivity index (χ4n) is 3.13. The molecule has 0 aliphatic carbocycles. The Kier molecular flexibility index (Phi) is 5.35. The average Bonchev–Trinajstić information content (AvgIpc) is 3.17. The molecule has 2 N–H and O–H groups in total. The van der Waals surface area contributed by atoms with Crippen LogP contribution in [0.4, 0.5) is 17.1 Å². The fraction of sp³-hybridized carbons (Fsp3) is 0.263. The number of carboxylic acid groups (broad SMARTS) is 1. The highest BCUT2D eigenvalue weighted by molar-refractivity contribution is 6.08. The van der Waals surface area contributed by atoms with Crippen LogP contribution in [0.2, 0.25) is 0 Å². The van der Waals surface area contributed by atoms with E-state index in [0.29, 0.717) is 16.9 Å². The quantitative estimate of drug-likeness (QED) is 0.598. The number of nitro benzene ring substituents is 1. The van der Waals surface area contributed by atoms with Crippen LogP contribution in [0.25, 0.3) is 0 Å².